The van der Waals surface area contributed by atoms with Crippen molar-refractivity contribution in [3.8, 4) is 6.07 Å². The maximum Gasteiger partial charge on any atom is 0.244 e. The Balaban J connectivity index is 3.01. The normalized spacial score (nSPS) is 22.0. The molecule has 0 saturated carbocycles. The molecule has 0 aromatic heterocycles. The fraction of sp³-hybridized carbons (Fsp3) is 0.800. The summed E-state index contributed by atoms with van der Waals surface area (Å²) in [6.45, 7) is 4.06. The van der Waals surface area contributed by atoms with E-state index in [1.165, 1.54) is 18.7 Å². The number of hydrogen-bond acceptors (Lipinski definition) is 5. The Morgan fingerprint density at radius 2 is 2.12 bits per heavy atom. The van der Waals surface area contributed by atoms with Gasteiger partial charge in [-0.1, -0.05) is 0 Å². The van der Waals surface area contributed by atoms with E-state index in [4.69, 9.17) is 5.26 Å². The van der Waals surface area contributed by atoms with Crippen LogP contribution in [-0.4, -0.2) is 55.9 Å². The maximum atomic E-state index is 12.2. The monoisotopic (exact) mass is 259 g/mol. The van der Waals surface area contributed by atoms with Crippen LogP contribution in [0.2, 0.25) is 0 Å². The van der Waals surface area contributed by atoms with Crippen LogP contribution in [0.25, 0.3) is 0 Å². The molecule has 96 valence electrons. The molecular weight excluding hydrogens is 242 g/mol. The highest BCUT2D eigenvalue weighted by Crippen LogP contribution is 2.20. The van der Waals surface area contributed by atoms with Crippen LogP contribution in [0.5, 0.6) is 0 Å². The molecule has 1 atom stereocenters. The molecule has 1 amide bonds. The van der Waals surface area contributed by atoms with Gasteiger partial charge in [-0.05, 0) is 13.8 Å². The van der Waals surface area contributed by atoms with Gasteiger partial charge in [0.1, 0.15) is 10.8 Å². The van der Waals surface area contributed by atoms with Crippen molar-refractivity contribution in [3.63, 3.8) is 0 Å². The first-order chi connectivity index (χ1) is 7.71. The molecule has 7 heteroatoms. The van der Waals surface area contributed by atoms with Crippen LogP contribution < -0.4 is 5.32 Å². The van der Waals surface area contributed by atoms with Gasteiger partial charge in [-0.15, -0.1) is 0 Å². The van der Waals surface area contributed by atoms with E-state index in [2.05, 4.69) is 5.32 Å². The summed E-state index contributed by atoms with van der Waals surface area (Å²) >= 11 is 0. The predicted octanol–water partition coefficient (Wildman–Crippen LogP) is -0.866. The van der Waals surface area contributed by atoms with Gasteiger partial charge in [0, 0.05) is 25.9 Å². The number of nitrogens with zero attached hydrogens (tertiary/aromatic N) is 2. The fourth-order valence-corrected chi connectivity index (χ4v) is 2.00. The summed E-state index contributed by atoms with van der Waals surface area (Å²) in [6, 6.07) is 1.41. The quantitative estimate of drug-likeness (QED) is 0.696. The zero-order valence-electron chi connectivity index (χ0n) is 10.2. The molecule has 0 aliphatic carbocycles. The zero-order valence-corrected chi connectivity index (χ0v) is 11.0. The summed E-state index contributed by atoms with van der Waals surface area (Å²) in [6.07, 6.45) is 1.04. The van der Waals surface area contributed by atoms with Gasteiger partial charge in [0.15, 0.2) is 9.84 Å². The lowest BCUT2D eigenvalue weighted by atomic mass is 10.1. The minimum absolute atomic E-state index is 0.357. The van der Waals surface area contributed by atoms with Crippen LogP contribution in [0.4, 0.5) is 0 Å². The summed E-state index contributed by atoms with van der Waals surface area (Å²) in [5, 5.41) is 11.9. The molecule has 6 nitrogen and oxygen atoms in total. The van der Waals surface area contributed by atoms with Crippen LogP contribution in [-0.2, 0) is 14.6 Å². The SMILES string of the molecule is CC(C)(C(=O)N1CCNCC1C#N)S(C)(=O)=O. The number of carbonyl (C=O) groups is 1. The predicted molar refractivity (Wildman–Crippen MR) is 62.9 cm³/mol. The van der Waals surface area contributed by atoms with Crippen molar-refractivity contribution in [2.75, 3.05) is 25.9 Å². The second-order valence-electron chi connectivity index (χ2n) is 4.63. The molecule has 1 aliphatic heterocycles. The standard InChI is InChI=1S/C10H17N3O3S/c1-10(2,17(3,15)16)9(14)13-5-4-12-7-8(13)6-11/h8,12H,4-5,7H2,1-3H3. The van der Waals surface area contributed by atoms with E-state index >= 15 is 0 Å². The number of sulfone groups is 1. The van der Waals surface area contributed by atoms with E-state index in [1.807, 2.05) is 6.07 Å². The van der Waals surface area contributed by atoms with E-state index < -0.39 is 26.5 Å². The molecular formula is C10H17N3O3S. The summed E-state index contributed by atoms with van der Waals surface area (Å²) in [4.78, 5) is 13.5. The van der Waals surface area contributed by atoms with Crippen molar-refractivity contribution in [1.29, 1.82) is 5.26 Å². The Bertz CT molecular complexity index is 450. The molecule has 1 aliphatic rings. The van der Waals surface area contributed by atoms with Crippen LogP contribution in [0.3, 0.4) is 0 Å². The summed E-state index contributed by atoms with van der Waals surface area (Å²) in [7, 11) is -3.50. The van der Waals surface area contributed by atoms with Crippen molar-refractivity contribution in [1.82, 2.24) is 10.2 Å². The van der Waals surface area contributed by atoms with E-state index in [9.17, 15) is 13.2 Å². The summed E-state index contributed by atoms with van der Waals surface area (Å²) in [5.41, 5.74) is 0. The molecule has 0 bridgehead atoms. The molecule has 1 N–H and O–H groups in total. The third-order valence-electron chi connectivity index (χ3n) is 3.10. The number of nitriles is 1. The first-order valence-corrected chi connectivity index (χ1v) is 7.22. The van der Waals surface area contributed by atoms with Gasteiger partial charge < -0.3 is 10.2 Å². The van der Waals surface area contributed by atoms with E-state index in [0.717, 1.165) is 6.26 Å². The van der Waals surface area contributed by atoms with Crippen LogP contribution in [0.15, 0.2) is 0 Å². The Morgan fingerprint density at radius 3 is 2.59 bits per heavy atom. The number of piperazine rings is 1. The third kappa shape index (κ3) is 2.58. The first-order valence-electron chi connectivity index (χ1n) is 5.33. The first kappa shape index (κ1) is 13.9. The molecule has 0 spiro atoms. The van der Waals surface area contributed by atoms with Gasteiger partial charge >= 0.3 is 0 Å². The molecule has 1 unspecified atom stereocenters. The maximum absolute atomic E-state index is 12.2. The minimum atomic E-state index is -3.50. The van der Waals surface area contributed by atoms with Crippen molar-refractivity contribution in [3.05, 3.63) is 0 Å². The molecule has 17 heavy (non-hydrogen) atoms. The van der Waals surface area contributed by atoms with Crippen molar-refractivity contribution < 1.29 is 13.2 Å². The zero-order chi connectivity index (χ0) is 13.3. The number of carbonyl (C=O) groups excluding carboxylic acids is 1. The molecule has 1 fully saturated rings. The minimum Gasteiger partial charge on any atom is -0.323 e. The van der Waals surface area contributed by atoms with Crippen molar-refractivity contribution in [2.24, 2.45) is 0 Å². The van der Waals surface area contributed by atoms with Gasteiger partial charge in [-0.2, -0.15) is 5.26 Å². The van der Waals surface area contributed by atoms with E-state index in [1.54, 1.807) is 0 Å². The number of rotatable bonds is 2. The molecule has 1 rings (SSSR count). The Morgan fingerprint density at radius 1 is 1.53 bits per heavy atom. The van der Waals surface area contributed by atoms with Crippen LogP contribution in [0.1, 0.15) is 13.8 Å². The van der Waals surface area contributed by atoms with Gasteiger partial charge in [0.2, 0.25) is 5.91 Å². The fourth-order valence-electron chi connectivity index (χ4n) is 1.57. The second kappa shape index (κ2) is 4.63. The number of amides is 1. The lowest BCUT2D eigenvalue weighted by Crippen LogP contribution is -2.59. The topological polar surface area (TPSA) is 90.3 Å². The van der Waals surface area contributed by atoms with Gasteiger partial charge in [-0.3, -0.25) is 4.79 Å². The highest BCUT2D eigenvalue weighted by molar-refractivity contribution is 7.92. The van der Waals surface area contributed by atoms with E-state index in [0.29, 0.717) is 19.6 Å². The van der Waals surface area contributed by atoms with Crippen LogP contribution in [0, 0.1) is 11.3 Å². The highest BCUT2D eigenvalue weighted by Gasteiger charge is 2.43. The Labute approximate surface area is 102 Å². The summed E-state index contributed by atoms with van der Waals surface area (Å²) in [5.74, 6) is -0.506. The third-order valence-corrected chi connectivity index (χ3v) is 5.12. The highest BCUT2D eigenvalue weighted by atomic mass is 32.2. The Kier molecular flexibility index (Phi) is 3.79. The largest absolute Gasteiger partial charge is 0.323 e. The molecule has 0 radical (unpaired) electrons. The molecule has 1 saturated heterocycles. The average molecular weight is 259 g/mol. The smallest absolute Gasteiger partial charge is 0.244 e. The Hall–Kier alpha value is -1.13. The van der Waals surface area contributed by atoms with Gasteiger partial charge in [0.25, 0.3) is 0 Å². The van der Waals surface area contributed by atoms with E-state index in [-0.39, 0.29) is 0 Å². The van der Waals surface area contributed by atoms with Crippen molar-refractivity contribution in [2.45, 2.75) is 24.6 Å². The van der Waals surface area contributed by atoms with Crippen molar-refractivity contribution >= 4 is 15.7 Å². The van der Waals surface area contributed by atoms with Gasteiger partial charge in [0.05, 0.1) is 6.07 Å². The number of nitrogens with one attached hydrogen (secondary N) is 1. The second-order valence-corrected chi connectivity index (χ2v) is 7.19. The molecule has 1 heterocycles. The lowest BCUT2D eigenvalue weighted by molar-refractivity contribution is -0.135. The lowest BCUT2D eigenvalue weighted by Gasteiger charge is -2.36. The average Bonchev–Trinajstić information content (AvgIpc) is 2.26. The molecule has 0 aromatic carbocycles. The molecule has 0 aromatic rings. The van der Waals surface area contributed by atoms with Gasteiger partial charge in [-0.25, -0.2) is 8.42 Å². The summed E-state index contributed by atoms with van der Waals surface area (Å²) < 4.78 is 21.7. The number of hydrogen-bond donors (Lipinski definition) is 1. The van der Waals surface area contributed by atoms with Crippen LogP contribution >= 0.6 is 0 Å².